The van der Waals surface area contributed by atoms with Crippen molar-refractivity contribution < 1.29 is 4.74 Å². The van der Waals surface area contributed by atoms with Gasteiger partial charge in [-0.25, -0.2) is 4.98 Å². The van der Waals surface area contributed by atoms with Gasteiger partial charge in [0.2, 0.25) is 0 Å². The smallest absolute Gasteiger partial charge is 0.138 e. The number of hydrogen-bond acceptors (Lipinski definition) is 5. The minimum absolute atomic E-state index is 0.774. The first-order chi connectivity index (χ1) is 16.8. The van der Waals surface area contributed by atoms with Crippen LogP contribution in [0.25, 0.3) is 39.5 Å². The molecule has 1 aliphatic rings. The van der Waals surface area contributed by atoms with Crippen molar-refractivity contribution in [3.8, 4) is 33.9 Å². The second-order valence-electron chi connectivity index (χ2n) is 8.45. The largest absolute Gasteiger partial charge is 0.378 e. The molecule has 5 heterocycles. The predicted molar refractivity (Wildman–Crippen MR) is 135 cm³/mol. The third-order valence-electron chi connectivity index (χ3n) is 6.24. The van der Waals surface area contributed by atoms with Crippen LogP contribution in [0.4, 0.5) is 5.69 Å². The van der Waals surface area contributed by atoms with Gasteiger partial charge in [-0.3, -0.25) is 14.4 Å². The Morgan fingerprint density at radius 3 is 2.47 bits per heavy atom. The van der Waals surface area contributed by atoms with Crippen LogP contribution in [0.3, 0.4) is 0 Å². The molecule has 0 bridgehead atoms. The molecular weight excluding hydrogens is 422 g/mol. The Morgan fingerprint density at radius 1 is 0.794 bits per heavy atom. The van der Waals surface area contributed by atoms with Gasteiger partial charge in [0, 0.05) is 48.0 Å². The average molecular weight is 448 g/mol. The van der Waals surface area contributed by atoms with E-state index in [2.05, 4.69) is 45.8 Å². The van der Waals surface area contributed by atoms with Crippen molar-refractivity contribution in [1.29, 1.82) is 0 Å². The number of rotatable bonds is 4. The summed E-state index contributed by atoms with van der Waals surface area (Å²) in [6.07, 6.45) is 3.90. The summed E-state index contributed by atoms with van der Waals surface area (Å²) in [5.41, 5.74) is 8.79. The van der Waals surface area contributed by atoms with Crippen LogP contribution in [-0.2, 0) is 4.74 Å². The molecule has 0 radical (unpaired) electrons. The van der Waals surface area contributed by atoms with Gasteiger partial charge in [0.1, 0.15) is 11.3 Å². The number of pyridine rings is 3. The first-order valence-corrected chi connectivity index (χ1v) is 11.6. The number of nitrogens with zero attached hydrogens (tertiary/aromatic N) is 5. The van der Waals surface area contributed by atoms with Gasteiger partial charge in [0.15, 0.2) is 0 Å². The lowest BCUT2D eigenvalue weighted by atomic mass is 10.0. The van der Waals surface area contributed by atoms with Crippen LogP contribution in [0.15, 0.2) is 85.2 Å². The van der Waals surface area contributed by atoms with E-state index < -0.39 is 0 Å². The number of fused-ring (bicyclic) bond motifs is 1. The summed E-state index contributed by atoms with van der Waals surface area (Å²) in [5.74, 6) is 0. The van der Waals surface area contributed by atoms with Crippen molar-refractivity contribution in [1.82, 2.24) is 19.4 Å². The van der Waals surface area contributed by atoms with Crippen LogP contribution in [0.2, 0.25) is 0 Å². The molecule has 0 unspecified atom stereocenters. The number of hydrogen-bond donors (Lipinski definition) is 0. The zero-order chi connectivity index (χ0) is 22.9. The summed E-state index contributed by atoms with van der Waals surface area (Å²) in [5, 5.41) is 0. The fraction of sp³-hybridized carbons (Fsp3) is 0.179. The van der Waals surface area contributed by atoms with E-state index >= 15 is 0 Å². The van der Waals surface area contributed by atoms with Crippen LogP contribution in [-0.4, -0.2) is 45.7 Å². The van der Waals surface area contributed by atoms with E-state index in [1.165, 1.54) is 5.69 Å². The second kappa shape index (κ2) is 8.72. The number of anilines is 1. The molecule has 0 atom stereocenters. The number of aromatic nitrogens is 4. The van der Waals surface area contributed by atoms with E-state index in [-0.39, 0.29) is 0 Å². The third-order valence-corrected chi connectivity index (χ3v) is 6.24. The standard InChI is InChI=1S/C28H25N5O/c1-20-6-4-8-24(30-20)27-28(33-15-3-2-9-25(33)31-27)23-7-5-14-29-26(23)21-10-12-22(13-11-21)32-16-18-34-19-17-32/h2-15H,16-19H2,1H3. The Morgan fingerprint density at radius 2 is 1.65 bits per heavy atom. The fourth-order valence-electron chi connectivity index (χ4n) is 4.58. The number of aryl methyl sites for hydroxylation is 1. The molecule has 5 aromatic rings. The van der Waals surface area contributed by atoms with E-state index in [9.17, 15) is 0 Å². The van der Waals surface area contributed by atoms with Gasteiger partial charge in [0.05, 0.1) is 30.3 Å². The first kappa shape index (κ1) is 20.6. The molecule has 1 aromatic carbocycles. The highest BCUT2D eigenvalue weighted by Gasteiger charge is 2.21. The molecular formula is C28H25N5O. The zero-order valence-corrected chi connectivity index (χ0v) is 19.1. The average Bonchev–Trinajstić information content (AvgIpc) is 3.29. The lowest BCUT2D eigenvalue weighted by Gasteiger charge is -2.29. The summed E-state index contributed by atoms with van der Waals surface area (Å²) in [6, 6.07) is 24.9. The van der Waals surface area contributed by atoms with Gasteiger partial charge in [-0.05, 0) is 55.5 Å². The number of morpholine rings is 1. The normalized spacial score (nSPS) is 14.0. The summed E-state index contributed by atoms with van der Waals surface area (Å²) < 4.78 is 7.62. The molecule has 0 spiro atoms. The van der Waals surface area contributed by atoms with Crippen LogP contribution in [0, 0.1) is 6.92 Å². The van der Waals surface area contributed by atoms with Crippen molar-refractivity contribution in [3.05, 3.63) is 90.9 Å². The fourth-order valence-corrected chi connectivity index (χ4v) is 4.58. The lowest BCUT2D eigenvalue weighted by molar-refractivity contribution is 0.122. The maximum Gasteiger partial charge on any atom is 0.138 e. The van der Waals surface area contributed by atoms with E-state index in [1.807, 2.05) is 55.6 Å². The predicted octanol–water partition coefficient (Wildman–Crippen LogP) is 5.27. The highest BCUT2D eigenvalue weighted by molar-refractivity contribution is 5.88. The van der Waals surface area contributed by atoms with Crippen molar-refractivity contribution >= 4 is 11.3 Å². The highest BCUT2D eigenvalue weighted by Crippen LogP contribution is 2.37. The van der Waals surface area contributed by atoms with Crippen molar-refractivity contribution in [2.75, 3.05) is 31.2 Å². The van der Waals surface area contributed by atoms with Crippen LogP contribution in [0.1, 0.15) is 5.69 Å². The lowest BCUT2D eigenvalue weighted by Crippen LogP contribution is -2.36. The quantitative estimate of drug-likeness (QED) is 0.376. The van der Waals surface area contributed by atoms with E-state index in [0.29, 0.717) is 0 Å². The Kier molecular flexibility index (Phi) is 5.28. The Balaban J connectivity index is 1.50. The molecule has 168 valence electrons. The molecule has 6 nitrogen and oxygen atoms in total. The summed E-state index contributed by atoms with van der Waals surface area (Å²) >= 11 is 0. The molecule has 6 rings (SSSR count). The molecule has 6 heteroatoms. The van der Waals surface area contributed by atoms with Gasteiger partial charge >= 0.3 is 0 Å². The Bertz CT molecular complexity index is 1450. The number of imidazole rings is 1. The van der Waals surface area contributed by atoms with E-state index in [1.54, 1.807) is 0 Å². The van der Waals surface area contributed by atoms with Crippen LogP contribution >= 0.6 is 0 Å². The first-order valence-electron chi connectivity index (χ1n) is 11.6. The van der Waals surface area contributed by atoms with Gasteiger partial charge in [0.25, 0.3) is 0 Å². The Labute approximate surface area is 198 Å². The van der Waals surface area contributed by atoms with E-state index in [0.717, 1.165) is 71.5 Å². The molecule has 1 fully saturated rings. The van der Waals surface area contributed by atoms with Gasteiger partial charge in [-0.1, -0.05) is 24.3 Å². The minimum Gasteiger partial charge on any atom is -0.378 e. The maximum absolute atomic E-state index is 5.50. The van der Waals surface area contributed by atoms with Crippen molar-refractivity contribution in [2.24, 2.45) is 0 Å². The molecule has 0 aliphatic carbocycles. The monoisotopic (exact) mass is 447 g/mol. The summed E-state index contributed by atoms with van der Waals surface area (Å²) in [6.45, 7) is 5.39. The molecule has 0 saturated carbocycles. The molecule has 1 aliphatic heterocycles. The number of benzene rings is 1. The van der Waals surface area contributed by atoms with Gasteiger partial charge in [-0.15, -0.1) is 0 Å². The molecule has 0 N–H and O–H groups in total. The SMILES string of the molecule is Cc1cccc(-c2nc3ccccn3c2-c2cccnc2-c2ccc(N3CCOCC3)cc2)n1. The third kappa shape index (κ3) is 3.72. The molecule has 34 heavy (non-hydrogen) atoms. The van der Waals surface area contributed by atoms with Crippen molar-refractivity contribution in [2.45, 2.75) is 6.92 Å². The topological polar surface area (TPSA) is 55.5 Å². The molecule has 0 amide bonds. The summed E-state index contributed by atoms with van der Waals surface area (Å²) in [7, 11) is 0. The second-order valence-corrected chi connectivity index (χ2v) is 8.45. The van der Waals surface area contributed by atoms with E-state index in [4.69, 9.17) is 19.7 Å². The van der Waals surface area contributed by atoms with Crippen LogP contribution < -0.4 is 4.90 Å². The Hall–Kier alpha value is -4.03. The highest BCUT2D eigenvalue weighted by atomic mass is 16.5. The number of ether oxygens (including phenoxy) is 1. The minimum atomic E-state index is 0.774. The molecule has 4 aromatic heterocycles. The molecule has 1 saturated heterocycles. The van der Waals surface area contributed by atoms with Crippen molar-refractivity contribution in [3.63, 3.8) is 0 Å². The van der Waals surface area contributed by atoms with Gasteiger partial charge in [-0.2, -0.15) is 0 Å². The maximum atomic E-state index is 5.50. The van der Waals surface area contributed by atoms with Crippen LogP contribution in [0.5, 0.6) is 0 Å². The summed E-state index contributed by atoms with van der Waals surface area (Å²) in [4.78, 5) is 16.9. The van der Waals surface area contributed by atoms with Gasteiger partial charge < -0.3 is 9.64 Å². The zero-order valence-electron chi connectivity index (χ0n) is 19.1.